The number of fused-ring (bicyclic) bond motifs is 2. The summed E-state index contributed by atoms with van der Waals surface area (Å²) in [6.45, 7) is 2.99. The van der Waals surface area contributed by atoms with Gasteiger partial charge < -0.3 is 14.8 Å². The minimum Gasteiger partial charge on any atom is -0.497 e. The van der Waals surface area contributed by atoms with Gasteiger partial charge in [-0.05, 0) is 36.8 Å². The minimum absolute atomic E-state index is 0. The van der Waals surface area contributed by atoms with Gasteiger partial charge in [0.05, 0.1) is 32.6 Å². The lowest BCUT2D eigenvalue weighted by Crippen LogP contribution is -2.53. The Hall–Kier alpha value is -1.34. The Bertz CT molecular complexity index is 759. The van der Waals surface area contributed by atoms with Gasteiger partial charge in [0.25, 0.3) is 5.91 Å². The molecule has 3 saturated heterocycles. The molecule has 4 aliphatic heterocycles. The van der Waals surface area contributed by atoms with Crippen molar-refractivity contribution < 1.29 is 19.1 Å². The van der Waals surface area contributed by atoms with Crippen LogP contribution in [0.25, 0.3) is 0 Å². The number of amides is 1. The van der Waals surface area contributed by atoms with Gasteiger partial charge in [0, 0.05) is 24.1 Å². The van der Waals surface area contributed by atoms with Gasteiger partial charge in [0.15, 0.2) is 0 Å². The Morgan fingerprint density at radius 1 is 1.33 bits per heavy atom. The average Bonchev–Trinajstić information content (AvgIpc) is 3.01. The highest BCUT2D eigenvalue weighted by molar-refractivity contribution is 6.07. The van der Waals surface area contributed by atoms with Crippen molar-refractivity contribution >= 4 is 24.0 Å². The highest BCUT2D eigenvalue weighted by atomic mass is 35.5. The zero-order valence-electron chi connectivity index (χ0n) is 15.9. The third-order valence-corrected chi connectivity index (χ3v) is 7.17. The van der Waals surface area contributed by atoms with Crippen molar-refractivity contribution in [1.82, 2.24) is 5.32 Å². The van der Waals surface area contributed by atoms with E-state index in [0.29, 0.717) is 23.9 Å². The van der Waals surface area contributed by atoms with Gasteiger partial charge >= 0.3 is 0 Å². The lowest BCUT2D eigenvalue weighted by atomic mass is 9.71. The summed E-state index contributed by atoms with van der Waals surface area (Å²) in [5.41, 5.74) is 1.13. The first-order valence-corrected chi connectivity index (χ1v) is 9.58. The Balaban J connectivity index is 0.00000180. The van der Waals surface area contributed by atoms with Crippen LogP contribution < -0.4 is 15.1 Å². The van der Waals surface area contributed by atoms with Crippen molar-refractivity contribution in [2.24, 2.45) is 11.8 Å². The van der Waals surface area contributed by atoms with E-state index in [-0.39, 0.29) is 24.4 Å². The number of anilines is 1. The molecule has 6 atom stereocenters. The van der Waals surface area contributed by atoms with Crippen molar-refractivity contribution in [3.05, 3.63) is 23.8 Å². The average molecular weight is 395 g/mol. The molecule has 6 nitrogen and oxygen atoms in total. The predicted octanol–water partition coefficient (Wildman–Crippen LogP) is 2.44. The highest BCUT2D eigenvalue weighted by Gasteiger charge is 2.64. The second-order valence-corrected chi connectivity index (χ2v) is 8.01. The molecule has 7 heteroatoms. The first kappa shape index (κ1) is 19.0. The van der Waals surface area contributed by atoms with Crippen LogP contribution in [0, 0.1) is 11.8 Å². The van der Waals surface area contributed by atoms with Crippen molar-refractivity contribution in [2.45, 2.75) is 49.8 Å². The summed E-state index contributed by atoms with van der Waals surface area (Å²) in [7, 11) is 3.18. The van der Waals surface area contributed by atoms with Gasteiger partial charge in [-0.25, -0.2) is 0 Å². The highest BCUT2D eigenvalue weighted by Crippen LogP contribution is 2.57. The number of hydrogen-bond donors (Lipinski definition) is 1. The SMILES string of the molecule is CC[C@H]1N[C@H]2C[C@@]3(C(=O)N(OC)c4cc(OC)ccc43)C3CC1[C@@H]2CO3.Cl. The Morgan fingerprint density at radius 2 is 2.15 bits per heavy atom. The number of ether oxygens (including phenoxy) is 2. The fourth-order valence-electron chi connectivity index (χ4n) is 5.97. The molecule has 4 heterocycles. The maximum Gasteiger partial charge on any atom is 0.264 e. The van der Waals surface area contributed by atoms with E-state index in [0.717, 1.165) is 42.9 Å². The summed E-state index contributed by atoms with van der Waals surface area (Å²) in [6.07, 6.45) is 2.74. The molecule has 2 unspecified atom stereocenters. The Morgan fingerprint density at radius 3 is 2.85 bits per heavy atom. The van der Waals surface area contributed by atoms with Gasteiger partial charge in [-0.1, -0.05) is 13.0 Å². The van der Waals surface area contributed by atoms with Crippen LogP contribution in [0.4, 0.5) is 5.69 Å². The van der Waals surface area contributed by atoms with Crippen LogP contribution in [0.5, 0.6) is 5.75 Å². The van der Waals surface area contributed by atoms with Crippen molar-refractivity contribution in [2.75, 3.05) is 25.9 Å². The molecule has 4 fully saturated rings. The van der Waals surface area contributed by atoms with E-state index in [4.69, 9.17) is 14.3 Å². The van der Waals surface area contributed by atoms with Crippen LogP contribution >= 0.6 is 12.4 Å². The van der Waals surface area contributed by atoms with E-state index in [1.807, 2.05) is 18.2 Å². The van der Waals surface area contributed by atoms with Crippen LogP contribution in [0.2, 0.25) is 0 Å². The van der Waals surface area contributed by atoms with E-state index in [9.17, 15) is 4.79 Å². The summed E-state index contributed by atoms with van der Waals surface area (Å²) < 4.78 is 11.7. The van der Waals surface area contributed by atoms with Gasteiger partial charge in [-0.3, -0.25) is 9.63 Å². The molecular weight excluding hydrogens is 368 g/mol. The first-order valence-electron chi connectivity index (χ1n) is 9.58. The predicted molar refractivity (Wildman–Crippen MR) is 103 cm³/mol. The largest absolute Gasteiger partial charge is 0.497 e. The maximum absolute atomic E-state index is 13.6. The molecule has 1 spiro atoms. The molecule has 1 aromatic carbocycles. The van der Waals surface area contributed by atoms with Crippen molar-refractivity contribution in [3.8, 4) is 5.75 Å². The zero-order valence-corrected chi connectivity index (χ0v) is 16.8. The zero-order chi connectivity index (χ0) is 18.1. The third-order valence-electron chi connectivity index (χ3n) is 7.17. The topological polar surface area (TPSA) is 60.0 Å². The molecule has 0 aromatic heterocycles. The molecule has 27 heavy (non-hydrogen) atoms. The Labute approximate surface area is 165 Å². The lowest BCUT2D eigenvalue weighted by molar-refractivity contribution is -0.138. The molecule has 4 bridgehead atoms. The third kappa shape index (κ3) is 2.33. The van der Waals surface area contributed by atoms with Crippen LogP contribution in [0.1, 0.15) is 31.7 Å². The molecule has 6 rings (SSSR count). The number of carbonyl (C=O) groups is 1. The summed E-state index contributed by atoms with van der Waals surface area (Å²) in [6, 6.07) is 6.71. The smallest absolute Gasteiger partial charge is 0.264 e. The normalized spacial score (nSPS) is 38.7. The molecule has 1 aliphatic carbocycles. The molecule has 5 aliphatic rings. The van der Waals surface area contributed by atoms with E-state index >= 15 is 0 Å². The second-order valence-electron chi connectivity index (χ2n) is 8.01. The summed E-state index contributed by atoms with van der Waals surface area (Å²) in [5.74, 6) is 1.81. The first-order chi connectivity index (χ1) is 12.6. The molecule has 1 N–H and O–H groups in total. The number of nitrogens with one attached hydrogen (secondary N) is 1. The lowest BCUT2D eigenvalue weighted by Gasteiger charge is -2.40. The summed E-state index contributed by atoms with van der Waals surface area (Å²) in [5, 5.41) is 5.25. The van der Waals surface area contributed by atoms with E-state index in [2.05, 4.69) is 12.2 Å². The molecule has 148 valence electrons. The summed E-state index contributed by atoms with van der Waals surface area (Å²) in [4.78, 5) is 19.1. The number of hydrogen-bond acceptors (Lipinski definition) is 5. The van der Waals surface area contributed by atoms with Crippen LogP contribution in [-0.4, -0.2) is 44.9 Å². The van der Waals surface area contributed by atoms with Crippen LogP contribution in [0.3, 0.4) is 0 Å². The molecule has 1 aromatic rings. The monoisotopic (exact) mass is 394 g/mol. The number of carbonyl (C=O) groups excluding carboxylic acids is 1. The second kappa shape index (κ2) is 6.62. The quantitative estimate of drug-likeness (QED) is 0.853. The summed E-state index contributed by atoms with van der Waals surface area (Å²) >= 11 is 0. The van der Waals surface area contributed by atoms with Crippen LogP contribution in [0.15, 0.2) is 18.2 Å². The number of benzene rings is 1. The van der Waals surface area contributed by atoms with Gasteiger partial charge in [0.1, 0.15) is 11.2 Å². The minimum atomic E-state index is -0.669. The van der Waals surface area contributed by atoms with E-state index in [1.165, 1.54) is 5.06 Å². The van der Waals surface area contributed by atoms with Gasteiger partial charge in [-0.15, -0.1) is 12.4 Å². The Kier molecular flexibility index (Phi) is 4.66. The standard InChI is InChI=1S/C20H26N2O4.ClH/c1-4-15-12-8-18-20(9-16(21-15)13(12)10-26-18)14-6-5-11(24-2)7-17(14)22(25-3)19(20)23;/h5-7,12-13,15-16,18,21H,4,8-10H2,1-3H3;1H/t12?,13-,15+,16-,18?,20-;/m0./s1. The number of hydroxylamine groups is 1. The van der Waals surface area contributed by atoms with Gasteiger partial charge in [0.2, 0.25) is 0 Å². The molecule has 1 saturated carbocycles. The number of methoxy groups -OCH3 is 1. The number of rotatable bonds is 3. The van der Waals surface area contributed by atoms with Crippen LogP contribution in [-0.2, 0) is 19.8 Å². The number of halogens is 1. The van der Waals surface area contributed by atoms with E-state index < -0.39 is 5.41 Å². The fourth-order valence-corrected chi connectivity index (χ4v) is 5.97. The fraction of sp³-hybridized carbons (Fsp3) is 0.650. The van der Waals surface area contributed by atoms with Crippen molar-refractivity contribution in [3.63, 3.8) is 0 Å². The van der Waals surface area contributed by atoms with E-state index in [1.54, 1.807) is 14.2 Å². The molecule has 0 radical (unpaired) electrons. The number of nitrogens with zero attached hydrogens (tertiary/aromatic N) is 1. The maximum atomic E-state index is 13.6. The van der Waals surface area contributed by atoms with Crippen molar-refractivity contribution in [1.29, 1.82) is 0 Å². The molecular formula is C20H27ClN2O4. The van der Waals surface area contributed by atoms with Gasteiger partial charge in [-0.2, -0.15) is 5.06 Å². The molecule has 1 amide bonds.